The number of amides is 1. The second-order valence-electron chi connectivity index (χ2n) is 6.71. The number of rotatable bonds is 4. The van der Waals surface area contributed by atoms with Crippen molar-refractivity contribution in [3.05, 3.63) is 71.3 Å². The molecule has 0 aromatic heterocycles. The quantitative estimate of drug-likeness (QED) is 0.911. The zero-order chi connectivity index (χ0) is 16.4. The van der Waals surface area contributed by atoms with E-state index in [1.54, 1.807) is 24.3 Å². The second-order valence-corrected chi connectivity index (χ2v) is 6.71. The van der Waals surface area contributed by atoms with Crippen LogP contribution < -0.4 is 5.73 Å². The molecule has 0 aliphatic carbocycles. The van der Waals surface area contributed by atoms with E-state index in [0.717, 1.165) is 5.56 Å². The molecule has 2 aromatic carbocycles. The van der Waals surface area contributed by atoms with Crippen LogP contribution in [0.1, 0.15) is 37.5 Å². The summed E-state index contributed by atoms with van der Waals surface area (Å²) in [6, 6.07) is 16.8. The molecule has 0 bridgehead atoms. The Kier molecular flexibility index (Phi) is 4.38. The number of carbonyl (C=O) groups excluding carboxylic acids is 1. The van der Waals surface area contributed by atoms with E-state index in [4.69, 9.17) is 5.73 Å². The zero-order valence-electron chi connectivity index (χ0n) is 13.3. The van der Waals surface area contributed by atoms with Crippen molar-refractivity contribution in [2.45, 2.75) is 38.2 Å². The van der Waals surface area contributed by atoms with E-state index in [1.165, 1.54) is 5.56 Å². The Morgan fingerprint density at radius 3 is 1.95 bits per heavy atom. The minimum absolute atomic E-state index is 0.0674. The number of hydrogen-bond donors (Lipinski definition) is 2. The average molecular weight is 297 g/mol. The highest BCUT2D eigenvalue weighted by atomic mass is 16.3. The number of hydrogen-bond acceptors (Lipinski definition) is 2. The second kappa shape index (κ2) is 5.93. The molecule has 2 aromatic rings. The lowest BCUT2D eigenvalue weighted by Gasteiger charge is -2.26. The maximum atomic E-state index is 11.8. The van der Waals surface area contributed by atoms with Crippen LogP contribution in [0.2, 0.25) is 0 Å². The lowest BCUT2D eigenvalue weighted by atomic mass is 9.83. The van der Waals surface area contributed by atoms with E-state index in [-0.39, 0.29) is 11.8 Å². The maximum Gasteiger partial charge on any atom is 0.254 e. The molecule has 1 atom stereocenters. The number of aliphatic hydroxyl groups is 1. The normalized spacial score (nSPS) is 14.4. The summed E-state index contributed by atoms with van der Waals surface area (Å²) in [5.41, 5.74) is 6.43. The van der Waals surface area contributed by atoms with Gasteiger partial charge < -0.3 is 10.8 Å². The van der Waals surface area contributed by atoms with Gasteiger partial charge in [0.15, 0.2) is 5.60 Å². The summed E-state index contributed by atoms with van der Waals surface area (Å²) < 4.78 is 0. The Morgan fingerprint density at radius 2 is 1.50 bits per heavy atom. The summed E-state index contributed by atoms with van der Waals surface area (Å²) in [6.07, 6.45) is 0.163. The van der Waals surface area contributed by atoms with Crippen LogP contribution in [0, 0.1) is 0 Å². The molecule has 116 valence electrons. The SMILES string of the molecule is CC(C)(C)c1ccc(CC(O)(C(N)=O)c2ccccc2)cc1. The lowest BCUT2D eigenvalue weighted by molar-refractivity contribution is -0.137. The van der Waals surface area contributed by atoms with Crippen molar-refractivity contribution in [3.63, 3.8) is 0 Å². The monoisotopic (exact) mass is 297 g/mol. The highest BCUT2D eigenvalue weighted by Crippen LogP contribution is 2.27. The van der Waals surface area contributed by atoms with Crippen molar-refractivity contribution in [2.24, 2.45) is 5.73 Å². The van der Waals surface area contributed by atoms with Crippen LogP contribution in [0.15, 0.2) is 54.6 Å². The third-order valence-electron chi connectivity index (χ3n) is 3.94. The summed E-state index contributed by atoms with van der Waals surface area (Å²) in [4.78, 5) is 11.8. The fraction of sp³-hybridized carbons (Fsp3) is 0.316. The minimum atomic E-state index is -1.69. The molecule has 0 aliphatic rings. The van der Waals surface area contributed by atoms with E-state index >= 15 is 0 Å². The van der Waals surface area contributed by atoms with Crippen molar-refractivity contribution in [2.75, 3.05) is 0 Å². The Labute approximate surface area is 131 Å². The first-order valence-corrected chi connectivity index (χ1v) is 7.41. The standard InChI is InChI=1S/C19H23NO2/c1-18(2,3)15-11-9-14(10-12-15)13-19(22,17(20)21)16-7-5-4-6-8-16/h4-12,22H,13H2,1-3H3,(H2,20,21). The summed E-state index contributed by atoms with van der Waals surface area (Å²) in [7, 11) is 0. The molecule has 0 saturated heterocycles. The van der Waals surface area contributed by atoms with Crippen LogP contribution in [0.25, 0.3) is 0 Å². The molecule has 0 fully saturated rings. The first-order valence-electron chi connectivity index (χ1n) is 7.41. The van der Waals surface area contributed by atoms with Crippen LogP contribution >= 0.6 is 0 Å². The molecule has 3 nitrogen and oxygen atoms in total. The van der Waals surface area contributed by atoms with Gasteiger partial charge in [0.05, 0.1) is 0 Å². The summed E-state index contributed by atoms with van der Waals surface area (Å²) in [5.74, 6) is -0.737. The van der Waals surface area contributed by atoms with Crippen molar-refractivity contribution < 1.29 is 9.90 Å². The molecule has 2 rings (SSSR count). The number of carbonyl (C=O) groups is 1. The zero-order valence-corrected chi connectivity index (χ0v) is 13.3. The van der Waals surface area contributed by atoms with Crippen molar-refractivity contribution >= 4 is 5.91 Å². The minimum Gasteiger partial charge on any atom is -0.375 e. The number of nitrogens with two attached hydrogens (primary N) is 1. The highest BCUT2D eigenvalue weighted by Gasteiger charge is 2.36. The number of primary amides is 1. The predicted octanol–water partition coefficient (Wildman–Crippen LogP) is 2.90. The fourth-order valence-corrected chi connectivity index (χ4v) is 2.46. The van der Waals surface area contributed by atoms with Gasteiger partial charge in [0.2, 0.25) is 0 Å². The van der Waals surface area contributed by atoms with Crippen LogP contribution in [0.5, 0.6) is 0 Å². The van der Waals surface area contributed by atoms with Gasteiger partial charge in [0.1, 0.15) is 0 Å². The molecule has 0 heterocycles. The third-order valence-corrected chi connectivity index (χ3v) is 3.94. The van der Waals surface area contributed by atoms with Gasteiger partial charge in [0, 0.05) is 6.42 Å². The smallest absolute Gasteiger partial charge is 0.254 e. The van der Waals surface area contributed by atoms with Gasteiger partial charge in [-0.05, 0) is 22.1 Å². The fourth-order valence-electron chi connectivity index (χ4n) is 2.46. The molecule has 1 amide bonds. The van der Waals surface area contributed by atoms with E-state index in [0.29, 0.717) is 5.56 Å². The van der Waals surface area contributed by atoms with Gasteiger partial charge in [-0.15, -0.1) is 0 Å². The van der Waals surface area contributed by atoms with Gasteiger partial charge in [-0.25, -0.2) is 0 Å². The maximum absolute atomic E-state index is 11.8. The molecule has 3 heteroatoms. The molecule has 1 unspecified atom stereocenters. The summed E-state index contributed by atoms with van der Waals surface area (Å²) in [6.45, 7) is 6.43. The van der Waals surface area contributed by atoms with E-state index < -0.39 is 11.5 Å². The topological polar surface area (TPSA) is 63.3 Å². The molecule has 0 radical (unpaired) electrons. The van der Waals surface area contributed by atoms with Crippen molar-refractivity contribution in [1.29, 1.82) is 0 Å². The summed E-state index contributed by atoms with van der Waals surface area (Å²) in [5, 5.41) is 10.8. The molecular weight excluding hydrogens is 274 g/mol. The van der Waals surface area contributed by atoms with Gasteiger partial charge in [-0.1, -0.05) is 75.4 Å². The third kappa shape index (κ3) is 3.37. The van der Waals surface area contributed by atoms with Crippen LogP contribution in [-0.2, 0) is 22.2 Å². The van der Waals surface area contributed by atoms with Crippen LogP contribution in [0.4, 0.5) is 0 Å². The van der Waals surface area contributed by atoms with Crippen molar-refractivity contribution in [1.82, 2.24) is 0 Å². The average Bonchev–Trinajstić information content (AvgIpc) is 2.47. The van der Waals surface area contributed by atoms with E-state index in [2.05, 4.69) is 20.8 Å². The largest absolute Gasteiger partial charge is 0.375 e. The summed E-state index contributed by atoms with van der Waals surface area (Å²) >= 11 is 0. The molecular formula is C19H23NO2. The molecule has 0 spiro atoms. The first kappa shape index (κ1) is 16.2. The van der Waals surface area contributed by atoms with Crippen LogP contribution in [-0.4, -0.2) is 11.0 Å². The molecule has 0 aliphatic heterocycles. The van der Waals surface area contributed by atoms with Gasteiger partial charge in [-0.2, -0.15) is 0 Å². The Morgan fingerprint density at radius 1 is 0.955 bits per heavy atom. The van der Waals surface area contributed by atoms with Gasteiger partial charge in [0.25, 0.3) is 5.91 Å². The highest BCUT2D eigenvalue weighted by molar-refractivity contribution is 5.85. The first-order chi connectivity index (χ1) is 10.2. The molecule has 0 saturated carbocycles. The van der Waals surface area contributed by atoms with Gasteiger partial charge >= 0.3 is 0 Å². The molecule has 3 N–H and O–H groups in total. The van der Waals surface area contributed by atoms with E-state index in [9.17, 15) is 9.90 Å². The van der Waals surface area contributed by atoms with E-state index in [1.807, 2.05) is 30.3 Å². The van der Waals surface area contributed by atoms with Gasteiger partial charge in [-0.3, -0.25) is 4.79 Å². The number of benzene rings is 2. The Bertz CT molecular complexity index is 641. The molecule has 22 heavy (non-hydrogen) atoms. The Hall–Kier alpha value is -2.13. The van der Waals surface area contributed by atoms with Crippen molar-refractivity contribution in [3.8, 4) is 0 Å². The predicted molar refractivity (Wildman–Crippen MR) is 88.4 cm³/mol. The van der Waals surface area contributed by atoms with Crippen LogP contribution in [0.3, 0.4) is 0 Å². The Balaban J connectivity index is 2.31. The lowest BCUT2D eigenvalue weighted by Crippen LogP contribution is -2.43.